The Labute approximate surface area is 55.1 Å². The van der Waals surface area contributed by atoms with E-state index >= 15 is 0 Å². The topological polar surface area (TPSA) is 29.5 Å². The molecule has 52 valence electrons. The molecular weight excluding hydrogens is 116 g/mol. The van der Waals surface area contributed by atoms with Crippen LogP contribution in [0.5, 0.6) is 0 Å². The average molecular weight is 128 g/mol. The molecule has 2 nitrogen and oxygen atoms in total. The van der Waals surface area contributed by atoms with Crippen LogP contribution in [0.15, 0.2) is 12.2 Å². The molecule has 0 spiro atoms. The first-order valence-electron chi connectivity index (χ1n) is 3.31. The second kappa shape index (κ2) is 3.64. The highest BCUT2D eigenvalue weighted by atomic mass is 16.5. The van der Waals surface area contributed by atoms with Gasteiger partial charge in [0.2, 0.25) is 0 Å². The van der Waals surface area contributed by atoms with E-state index in [1.165, 1.54) is 0 Å². The fourth-order valence-corrected chi connectivity index (χ4v) is 0.887. The molecule has 9 heavy (non-hydrogen) atoms. The molecule has 0 aromatic heterocycles. The monoisotopic (exact) mass is 128 g/mol. The van der Waals surface area contributed by atoms with Crippen molar-refractivity contribution in [2.24, 2.45) is 0 Å². The minimum absolute atomic E-state index is 0.0694. The summed E-state index contributed by atoms with van der Waals surface area (Å²) in [7, 11) is 0. The van der Waals surface area contributed by atoms with E-state index < -0.39 is 0 Å². The number of hydrogen-bond acceptors (Lipinski definition) is 2. The lowest BCUT2D eigenvalue weighted by Crippen LogP contribution is -2.15. The molecule has 0 saturated heterocycles. The van der Waals surface area contributed by atoms with Gasteiger partial charge in [-0.2, -0.15) is 0 Å². The molecule has 0 aromatic rings. The summed E-state index contributed by atoms with van der Waals surface area (Å²) >= 11 is 0. The Morgan fingerprint density at radius 1 is 1.56 bits per heavy atom. The van der Waals surface area contributed by atoms with Crippen molar-refractivity contribution >= 4 is 0 Å². The van der Waals surface area contributed by atoms with Crippen LogP contribution in [0, 0.1) is 0 Å². The molecule has 1 aliphatic heterocycles. The Morgan fingerprint density at radius 3 is 3.22 bits per heavy atom. The second-order valence-electron chi connectivity index (χ2n) is 2.19. The SMILES string of the molecule is OCC1CCC=CCO1. The van der Waals surface area contributed by atoms with Crippen molar-refractivity contribution in [3.63, 3.8) is 0 Å². The molecule has 0 aromatic carbocycles. The number of aliphatic hydroxyl groups is 1. The summed E-state index contributed by atoms with van der Waals surface area (Å²) in [5.74, 6) is 0. The van der Waals surface area contributed by atoms with Gasteiger partial charge in [0.25, 0.3) is 0 Å². The summed E-state index contributed by atoms with van der Waals surface area (Å²) in [5.41, 5.74) is 0. The van der Waals surface area contributed by atoms with Gasteiger partial charge in [-0.1, -0.05) is 12.2 Å². The molecule has 1 heterocycles. The molecule has 0 radical (unpaired) electrons. The van der Waals surface area contributed by atoms with Crippen LogP contribution in [0.2, 0.25) is 0 Å². The number of ether oxygens (including phenoxy) is 1. The molecule has 1 aliphatic rings. The first-order chi connectivity index (χ1) is 4.43. The van der Waals surface area contributed by atoms with E-state index in [1.807, 2.05) is 6.08 Å². The lowest BCUT2D eigenvalue weighted by Gasteiger charge is -2.09. The third kappa shape index (κ3) is 2.16. The van der Waals surface area contributed by atoms with Crippen molar-refractivity contribution in [1.29, 1.82) is 0 Å². The van der Waals surface area contributed by atoms with Crippen molar-refractivity contribution in [2.75, 3.05) is 13.2 Å². The lowest BCUT2D eigenvalue weighted by atomic mass is 10.2. The van der Waals surface area contributed by atoms with Crippen LogP contribution in [-0.4, -0.2) is 24.4 Å². The van der Waals surface area contributed by atoms with Crippen molar-refractivity contribution in [1.82, 2.24) is 0 Å². The van der Waals surface area contributed by atoms with Crippen LogP contribution in [-0.2, 0) is 4.74 Å². The Kier molecular flexibility index (Phi) is 2.74. The summed E-state index contributed by atoms with van der Waals surface area (Å²) < 4.78 is 5.22. The van der Waals surface area contributed by atoms with Gasteiger partial charge < -0.3 is 9.84 Å². The van der Waals surface area contributed by atoms with Gasteiger partial charge in [-0.25, -0.2) is 0 Å². The van der Waals surface area contributed by atoms with E-state index in [1.54, 1.807) is 0 Å². The van der Waals surface area contributed by atoms with E-state index in [4.69, 9.17) is 9.84 Å². The Balaban J connectivity index is 2.26. The minimum Gasteiger partial charge on any atom is -0.394 e. The van der Waals surface area contributed by atoms with Crippen LogP contribution in [0.25, 0.3) is 0 Å². The van der Waals surface area contributed by atoms with Gasteiger partial charge in [-0.15, -0.1) is 0 Å². The van der Waals surface area contributed by atoms with Gasteiger partial charge in [0.05, 0.1) is 19.3 Å². The molecule has 1 N–H and O–H groups in total. The third-order valence-corrected chi connectivity index (χ3v) is 1.45. The Bertz CT molecular complexity index is 89.1. The summed E-state index contributed by atoms with van der Waals surface area (Å²) in [4.78, 5) is 0. The zero-order valence-electron chi connectivity index (χ0n) is 5.42. The van der Waals surface area contributed by atoms with E-state index in [0.717, 1.165) is 12.8 Å². The molecule has 0 aliphatic carbocycles. The molecule has 1 unspecified atom stereocenters. The molecule has 0 amide bonds. The standard InChI is InChI=1S/C7H12O2/c8-6-7-4-2-1-3-5-9-7/h1,3,7-8H,2,4-6H2. The Hall–Kier alpha value is -0.340. The molecule has 2 heteroatoms. The predicted molar refractivity (Wildman–Crippen MR) is 35.2 cm³/mol. The van der Waals surface area contributed by atoms with Crippen molar-refractivity contribution in [3.05, 3.63) is 12.2 Å². The second-order valence-corrected chi connectivity index (χ2v) is 2.19. The number of allylic oxidation sites excluding steroid dienone is 1. The summed E-state index contributed by atoms with van der Waals surface area (Å²) in [6.45, 7) is 0.812. The molecule has 1 atom stereocenters. The normalized spacial score (nSPS) is 27.9. The Morgan fingerprint density at radius 2 is 2.44 bits per heavy atom. The molecule has 0 bridgehead atoms. The quantitative estimate of drug-likeness (QED) is 0.527. The zero-order chi connectivity index (χ0) is 6.53. The zero-order valence-corrected chi connectivity index (χ0v) is 5.42. The molecule has 0 fully saturated rings. The first-order valence-corrected chi connectivity index (χ1v) is 3.31. The number of hydrogen-bond donors (Lipinski definition) is 1. The predicted octanol–water partition coefficient (Wildman–Crippen LogP) is 0.714. The summed E-state index contributed by atoms with van der Waals surface area (Å²) in [5, 5.41) is 8.66. The van der Waals surface area contributed by atoms with Crippen molar-refractivity contribution in [2.45, 2.75) is 18.9 Å². The van der Waals surface area contributed by atoms with Gasteiger partial charge in [-0.3, -0.25) is 0 Å². The van der Waals surface area contributed by atoms with Crippen LogP contribution in [0.3, 0.4) is 0 Å². The fraction of sp³-hybridized carbons (Fsp3) is 0.714. The average Bonchev–Trinajstić information content (AvgIpc) is 2.13. The van der Waals surface area contributed by atoms with Gasteiger partial charge in [-0.05, 0) is 12.8 Å². The summed E-state index contributed by atoms with van der Waals surface area (Å²) in [6.07, 6.45) is 6.14. The fourth-order valence-electron chi connectivity index (χ4n) is 0.887. The van der Waals surface area contributed by atoms with Crippen molar-refractivity contribution in [3.8, 4) is 0 Å². The van der Waals surface area contributed by atoms with Crippen LogP contribution in [0.1, 0.15) is 12.8 Å². The number of rotatable bonds is 1. The van der Waals surface area contributed by atoms with E-state index in [0.29, 0.717) is 6.61 Å². The van der Waals surface area contributed by atoms with E-state index in [-0.39, 0.29) is 12.7 Å². The highest BCUT2D eigenvalue weighted by molar-refractivity contribution is 4.85. The molecular formula is C7H12O2. The van der Waals surface area contributed by atoms with Gasteiger partial charge in [0, 0.05) is 0 Å². The first kappa shape index (κ1) is 6.78. The largest absolute Gasteiger partial charge is 0.394 e. The molecule has 0 saturated carbocycles. The maximum absolute atomic E-state index is 8.66. The van der Waals surface area contributed by atoms with E-state index in [9.17, 15) is 0 Å². The highest BCUT2D eigenvalue weighted by Crippen LogP contribution is 2.06. The van der Waals surface area contributed by atoms with Gasteiger partial charge >= 0.3 is 0 Å². The lowest BCUT2D eigenvalue weighted by molar-refractivity contribution is 0.0271. The minimum atomic E-state index is 0.0694. The van der Waals surface area contributed by atoms with Crippen LogP contribution < -0.4 is 0 Å². The summed E-state index contributed by atoms with van der Waals surface area (Å²) in [6, 6.07) is 0. The highest BCUT2D eigenvalue weighted by Gasteiger charge is 2.06. The van der Waals surface area contributed by atoms with Gasteiger partial charge in [0.15, 0.2) is 0 Å². The number of aliphatic hydroxyl groups excluding tert-OH is 1. The maximum Gasteiger partial charge on any atom is 0.0813 e. The molecule has 1 rings (SSSR count). The smallest absolute Gasteiger partial charge is 0.0813 e. The third-order valence-electron chi connectivity index (χ3n) is 1.45. The van der Waals surface area contributed by atoms with Gasteiger partial charge in [0.1, 0.15) is 0 Å². The van der Waals surface area contributed by atoms with Crippen molar-refractivity contribution < 1.29 is 9.84 Å². The maximum atomic E-state index is 8.66. The van der Waals surface area contributed by atoms with E-state index in [2.05, 4.69) is 6.08 Å². The van der Waals surface area contributed by atoms with Crippen LogP contribution in [0.4, 0.5) is 0 Å². The van der Waals surface area contributed by atoms with Crippen LogP contribution >= 0.6 is 0 Å².